The molecule has 3 nitrogen and oxygen atoms in total. The van der Waals surface area contributed by atoms with E-state index >= 15 is 0 Å². The fourth-order valence-corrected chi connectivity index (χ4v) is 2.02. The maximum Gasteiger partial charge on any atom is 0.168 e. The summed E-state index contributed by atoms with van der Waals surface area (Å²) in [5.74, 6) is 0.473. The lowest BCUT2D eigenvalue weighted by molar-refractivity contribution is 0.176. The first kappa shape index (κ1) is 14.3. The lowest BCUT2D eigenvalue weighted by atomic mass is 10.0. The molecule has 0 bridgehead atoms. The molecule has 0 fully saturated rings. The largest absolute Gasteiger partial charge is 0.497 e. The predicted octanol–water partition coefficient (Wildman–Crippen LogP) is 3.12. The number of methoxy groups -OCH3 is 2. The fraction of sp³-hybridized carbons (Fsp3) is 0.250. The molecule has 0 spiro atoms. The summed E-state index contributed by atoms with van der Waals surface area (Å²) in [6.45, 7) is 0. The second kappa shape index (κ2) is 6.39. The van der Waals surface area contributed by atoms with Crippen LogP contribution in [0, 0.1) is 5.82 Å². The monoisotopic (exact) mass is 276 g/mol. The molecule has 2 aromatic carbocycles. The van der Waals surface area contributed by atoms with Gasteiger partial charge in [-0.15, -0.1) is 0 Å². The van der Waals surface area contributed by atoms with E-state index in [1.807, 2.05) is 0 Å². The second-order valence-electron chi connectivity index (χ2n) is 4.43. The summed E-state index contributed by atoms with van der Waals surface area (Å²) in [4.78, 5) is 0. The van der Waals surface area contributed by atoms with Crippen LogP contribution in [0.3, 0.4) is 0 Å². The zero-order valence-electron chi connectivity index (χ0n) is 11.5. The summed E-state index contributed by atoms with van der Waals surface area (Å²) in [5, 5.41) is 10.2. The minimum absolute atomic E-state index is 0.185. The summed E-state index contributed by atoms with van der Waals surface area (Å²) in [7, 11) is 3.00. The molecule has 1 atom stereocenters. The Hall–Kier alpha value is -2.07. The Kier molecular flexibility index (Phi) is 4.58. The number of halogens is 1. The summed E-state index contributed by atoms with van der Waals surface area (Å²) in [5.41, 5.74) is 1.14. The van der Waals surface area contributed by atoms with Gasteiger partial charge in [0.15, 0.2) is 11.6 Å². The first-order valence-electron chi connectivity index (χ1n) is 6.29. The molecule has 0 aliphatic heterocycles. The summed E-state index contributed by atoms with van der Waals surface area (Å²) in [6, 6.07) is 12.0. The molecule has 0 aliphatic carbocycles. The van der Waals surface area contributed by atoms with Gasteiger partial charge in [0.1, 0.15) is 5.75 Å². The SMILES string of the molecule is COc1ccc(C(O)Cc2cccc(OC)c2F)cc1. The van der Waals surface area contributed by atoms with Crippen molar-refractivity contribution in [2.75, 3.05) is 14.2 Å². The van der Waals surface area contributed by atoms with Crippen LogP contribution in [0.15, 0.2) is 42.5 Å². The van der Waals surface area contributed by atoms with Crippen molar-refractivity contribution in [2.24, 2.45) is 0 Å². The van der Waals surface area contributed by atoms with Gasteiger partial charge in [-0.25, -0.2) is 4.39 Å². The number of hydrogen-bond acceptors (Lipinski definition) is 3. The van der Waals surface area contributed by atoms with Gasteiger partial charge in [-0.1, -0.05) is 24.3 Å². The fourth-order valence-electron chi connectivity index (χ4n) is 2.02. The number of ether oxygens (including phenoxy) is 2. The Morgan fingerprint density at radius 1 is 1.05 bits per heavy atom. The number of benzene rings is 2. The van der Waals surface area contributed by atoms with Crippen molar-refractivity contribution >= 4 is 0 Å². The Morgan fingerprint density at radius 2 is 1.75 bits per heavy atom. The average Bonchev–Trinajstić information content (AvgIpc) is 2.49. The Bertz CT molecular complexity index is 566. The third-order valence-corrected chi connectivity index (χ3v) is 3.18. The van der Waals surface area contributed by atoms with Gasteiger partial charge in [-0.3, -0.25) is 0 Å². The van der Waals surface area contributed by atoms with Crippen LogP contribution in [0.2, 0.25) is 0 Å². The van der Waals surface area contributed by atoms with Crippen LogP contribution in [-0.2, 0) is 6.42 Å². The number of rotatable bonds is 5. The van der Waals surface area contributed by atoms with Crippen molar-refractivity contribution in [1.82, 2.24) is 0 Å². The van der Waals surface area contributed by atoms with E-state index in [0.717, 1.165) is 0 Å². The van der Waals surface area contributed by atoms with Crippen LogP contribution >= 0.6 is 0 Å². The quantitative estimate of drug-likeness (QED) is 0.912. The molecule has 0 heterocycles. The zero-order chi connectivity index (χ0) is 14.5. The van der Waals surface area contributed by atoms with Crippen LogP contribution in [0.1, 0.15) is 17.2 Å². The van der Waals surface area contributed by atoms with E-state index in [4.69, 9.17) is 9.47 Å². The first-order valence-corrected chi connectivity index (χ1v) is 6.29. The maximum absolute atomic E-state index is 14.0. The van der Waals surface area contributed by atoms with Crippen molar-refractivity contribution in [3.05, 3.63) is 59.4 Å². The maximum atomic E-state index is 14.0. The minimum Gasteiger partial charge on any atom is -0.497 e. The van der Waals surface area contributed by atoms with E-state index in [0.29, 0.717) is 16.9 Å². The lowest BCUT2D eigenvalue weighted by Crippen LogP contribution is -2.04. The molecule has 0 radical (unpaired) electrons. The van der Waals surface area contributed by atoms with E-state index in [9.17, 15) is 9.50 Å². The van der Waals surface area contributed by atoms with Gasteiger partial charge in [0.2, 0.25) is 0 Å². The zero-order valence-corrected chi connectivity index (χ0v) is 11.5. The molecule has 0 amide bonds. The van der Waals surface area contributed by atoms with Gasteiger partial charge >= 0.3 is 0 Å². The van der Waals surface area contributed by atoms with Crippen molar-refractivity contribution in [2.45, 2.75) is 12.5 Å². The molecule has 20 heavy (non-hydrogen) atoms. The summed E-state index contributed by atoms with van der Waals surface area (Å²) < 4.78 is 24.0. The molecule has 2 aromatic rings. The van der Waals surface area contributed by atoms with Crippen LogP contribution in [0.5, 0.6) is 11.5 Å². The molecule has 1 unspecified atom stereocenters. The summed E-state index contributed by atoms with van der Waals surface area (Å²) in [6.07, 6.45) is -0.586. The van der Waals surface area contributed by atoms with Crippen LogP contribution in [-0.4, -0.2) is 19.3 Å². The van der Waals surface area contributed by atoms with E-state index in [1.54, 1.807) is 49.6 Å². The first-order chi connectivity index (χ1) is 9.65. The van der Waals surface area contributed by atoms with E-state index in [-0.39, 0.29) is 12.2 Å². The van der Waals surface area contributed by atoms with Gasteiger partial charge in [-0.2, -0.15) is 0 Å². The molecule has 0 aromatic heterocycles. The smallest absolute Gasteiger partial charge is 0.168 e. The predicted molar refractivity (Wildman–Crippen MR) is 74.6 cm³/mol. The van der Waals surface area contributed by atoms with Gasteiger partial charge in [-0.05, 0) is 29.3 Å². The van der Waals surface area contributed by atoms with Crippen LogP contribution in [0.4, 0.5) is 4.39 Å². The third-order valence-electron chi connectivity index (χ3n) is 3.18. The van der Waals surface area contributed by atoms with E-state index in [1.165, 1.54) is 7.11 Å². The molecule has 0 saturated carbocycles. The highest BCUT2D eigenvalue weighted by Gasteiger charge is 2.14. The average molecular weight is 276 g/mol. The van der Waals surface area contributed by atoms with Crippen molar-refractivity contribution in [3.8, 4) is 11.5 Å². The molecule has 1 N–H and O–H groups in total. The molecular formula is C16H17FO3. The third kappa shape index (κ3) is 3.08. The van der Waals surface area contributed by atoms with Gasteiger partial charge < -0.3 is 14.6 Å². The molecular weight excluding hydrogens is 259 g/mol. The van der Waals surface area contributed by atoms with E-state index < -0.39 is 11.9 Å². The van der Waals surface area contributed by atoms with Gasteiger partial charge in [0, 0.05) is 6.42 Å². The molecule has 2 rings (SSSR count). The molecule has 0 aliphatic rings. The second-order valence-corrected chi connectivity index (χ2v) is 4.43. The molecule has 106 valence electrons. The normalized spacial score (nSPS) is 12.0. The summed E-state index contributed by atoms with van der Waals surface area (Å²) >= 11 is 0. The van der Waals surface area contributed by atoms with E-state index in [2.05, 4.69) is 0 Å². The highest BCUT2D eigenvalue weighted by molar-refractivity contribution is 5.33. The van der Waals surface area contributed by atoms with Crippen molar-refractivity contribution in [1.29, 1.82) is 0 Å². The van der Waals surface area contributed by atoms with Crippen molar-refractivity contribution in [3.63, 3.8) is 0 Å². The standard InChI is InChI=1S/C16H17FO3/c1-19-13-8-6-11(7-9-13)14(18)10-12-4-3-5-15(20-2)16(12)17/h3-9,14,18H,10H2,1-2H3. The lowest BCUT2D eigenvalue weighted by Gasteiger charge is -2.13. The topological polar surface area (TPSA) is 38.7 Å². The highest BCUT2D eigenvalue weighted by Crippen LogP contribution is 2.26. The Balaban J connectivity index is 2.16. The number of hydrogen-bond donors (Lipinski definition) is 1. The van der Waals surface area contributed by atoms with Gasteiger partial charge in [0.05, 0.1) is 20.3 Å². The van der Waals surface area contributed by atoms with Crippen molar-refractivity contribution < 1.29 is 19.0 Å². The number of aliphatic hydroxyl groups is 1. The van der Waals surface area contributed by atoms with Gasteiger partial charge in [0.25, 0.3) is 0 Å². The number of aliphatic hydroxyl groups excluding tert-OH is 1. The molecule has 4 heteroatoms. The Morgan fingerprint density at radius 3 is 2.35 bits per heavy atom. The highest BCUT2D eigenvalue weighted by atomic mass is 19.1. The molecule has 0 saturated heterocycles. The van der Waals surface area contributed by atoms with Crippen LogP contribution in [0.25, 0.3) is 0 Å². The minimum atomic E-state index is -0.775. The Labute approximate surface area is 117 Å². The van der Waals surface area contributed by atoms with Crippen LogP contribution < -0.4 is 9.47 Å².